The topological polar surface area (TPSA) is 87.3 Å². The van der Waals surface area contributed by atoms with Crippen LogP contribution in [0.5, 0.6) is 0 Å². The SMILES string of the molecule is CC[C@H](CNC(=O)c1cc(NC(C)=O)cc(NC(C)=O)c1)c1ccccc1. The lowest BCUT2D eigenvalue weighted by atomic mass is 9.96. The summed E-state index contributed by atoms with van der Waals surface area (Å²) in [7, 11) is 0. The average Bonchev–Trinajstić information content (AvgIpc) is 2.61. The van der Waals surface area contributed by atoms with E-state index >= 15 is 0 Å². The molecule has 3 amide bonds. The molecule has 6 heteroatoms. The highest BCUT2D eigenvalue weighted by Gasteiger charge is 2.14. The van der Waals surface area contributed by atoms with E-state index < -0.39 is 0 Å². The van der Waals surface area contributed by atoms with Crippen molar-refractivity contribution in [1.29, 1.82) is 0 Å². The molecule has 0 aliphatic heterocycles. The van der Waals surface area contributed by atoms with Gasteiger partial charge in [-0.15, -0.1) is 0 Å². The molecule has 0 aromatic heterocycles. The number of benzene rings is 2. The second kappa shape index (κ2) is 9.52. The molecular weight excluding hydrogens is 342 g/mol. The summed E-state index contributed by atoms with van der Waals surface area (Å²) in [5.41, 5.74) is 2.45. The van der Waals surface area contributed by atoms with Gasteiger partial charge in [0.1, 0.15) is 0 Å². The van der Waals surface area contributed by atoms with E-state index in [-0.39, 0.29) is 23.6 Å². The van der Waals surface area contributed by atoms with E-state index in [1.165, 1.54) is 19.4 Å². The molecule has 0 aliphatic rings. The Bertz CT molecular complexity index is 784. The highest BCUT2D eigenvalue weighted by Crippen LogP contribution is 2.21. The zero-order chi connectivity index (χ0) is 19.8. The Morgan fingerprint density at radius 2 is 1.44 bits per heavy atom. The molecule has 6 nitrogen and oxygen atoms in total. The van der Waals surface area contributed by atoms with Crippen LogP contribution in [0.4, 0.5) is 11.4 Å². The minimum Gasteiger partial charge on any atom is -0.351 e. The van der Waals surface area contributed by atoms with Crippen LogP contribution in [-0.4, -0.2) is 24.3 Å². The van der Waals surface area contributed by atoms with Crippen molar-refractivity contribution in [2.75, 3.05) is 17.2 Å². The Hall–Kier alpha value is -3.15. The van der Waals surface area contributed by atoms with Crippen molar-refractivity contribution in [3.63, 3.8) is 0 Å². The van der Waals surface area contributed by atoms with E-state index in [1.54, 1.807) is 18.2 Å². The first-order valence-corrected chi connectivity index (χ1v) is 8.92. The fraction of sp³-hybridized carbons (Fsp3) is 0.286. The van der Waals surface area contributed by atoms with Gasteiger partial charge in [0.05, 0.1) is 0 Å². The molecule has 0 bridgehead atoms. The quantitative estimate of drug-likeness (QED) is 0.700. The van der Waals surface area contributed by atoms with Crippen molar-refractivity contribution in [3.8, 4) is 0 Å². The molecule has 142 valence electrons. The third-order valence-corrected chi connectivity index (χ3v) is 4.11. The summed E-state index contributed by atoms with van der Waals surface area (Å²) in [5.74, 6) is -0.556. The van der Waals surface area contributed by atoms with Gasteiger partial charge in [0.15, 0.2) is 0 Å². The first kappa shape index (κ1) is 20.2. The summed E-state index contributed by atoms with van der Waals surface area (Å²) < 4.78 is 0. The number of anilines is 2. The van der Waals surface area contributed by atoms with Crippen LogP contribution in [0.3, 0.4) is 0 Å². The highest BCUT2D eigenvalue weighted by atomic mass is 16.2. The Labute approximate surface area is 159 Å². The van der Waals surface area contributed by atoms with Gasteiger partial charge in [0.25, 0.3) is 5.91 Å². The summed E-state index contributed by atoms with van der Waals surface area (Å²) in [4.78, 5) is 35.3. The zero-order valence-corrected chi connectivity index (χ0v) is 15.8. The lowest BCUT2D eigenvalue weighted by Crippen LogP contribution is -2.28. The molecule has 0 saturated carbocycles. The summed E-state index contributed by atoms with van der Waals surface area (Å²) in [6, 6.07) is 14.8. The number of hydrogen-bond acceptors (Lipinski definition) is 3. The number of nitrogens with one attached hydrogen (secondary N) is 3. The van der Waals surface area contributed by atoms with Gasteiger partial charge in [-0.1, -0.05) is 37.3 Å². The Morgan fingerprint density at radius 1 is 0.889 bits per heavy atom. The molecule has 0 spiro atoms. The monoisotopic (exact) mass is 367 g/mol. The Morgan fingerprint density at radius 3 is 1.93 bits per heavy atom. The minimum atomic E-state index is -0.261. The lowest BCUT2D eigenvalue weighted by Gasteiger charge is -2.17. The normalized spacial score (nSPS) is 11.4. The second-order valence-corrected chi connectivity index (χ2v) is 6.39. The van der Waals surface area contributed by atoms with Gasteiger partial charge in [-0.25, -0.2) is 0 Å². The Kier molecular flexibility index (Phi) is 7.11. The van der Waals surface area contributed by atoms with Crippen molar-refractivity contribution >= 4 is 29.1 Å². The predicted molar refractivity (Wildman–Crippen MR) is 107 cm³/mol. The summed E-state index contributed by atoms with van der Waals surface area (Å²) >= 11 is 0. The molecule has 27 heavy (non-hydrogen) atoms. The molecule has 2 rings (SSSR count). The van der Waals surface area contributed by atoms with Gasteiger partial charge in [-0.3, -0.25) is 14.4 Å². The van der Waals surface area contributed by atoms with Gasteiger partial charge in [0, 0.05) is 43.2 Å². The molecule has 0 aliphatic carbocycles. The predicted octanol–water partition coefficient (Wildman–Crippen LogP) is 3.53. The number of carbonyl (C=O) groups is 3. The standard InChI is InChI=1S/C21H25N3O3/c1-4-16(17-8-6-5-7-9-17)13-22-21(27)18-10-19(23-14(2)25)12-20(11-18)24-15(3)26/h5-12,16H,4,13H2,1-3H3,(H,22,27)(H,23,25)(H,24,26)/t16-/m1/s1. The molecule has 1 atom stereocenters. The van der Waals surface area contributed by atoms with Crippen molar-refractivity contribution in [3.05, 3.63) is 59.7 Å². The van der Waals surface area contributed by atoms with Crippen LogP contribution in [0.25, 0.3) is 0 Å². The van der Waals surface area contributed by atoms with Crippen LogP contribution in [0, 0.1) is 0 Å². The molecule has 0 saturated heterocycles. The average molecular weight is 367 g/mol. The minimum absolute atomic E-state index is 0.212. The molecule has 0 fully saturated rings. The number of rotatable bonds is 7. The van der Waals surface area contributed by atoms with Crippen molar-refractivity contribution < 1.29 is 14.4 Å². The first-order valence-electron chi connectivity index (χ1n) is 8.92. The van der Waals surface area contributed by atoms with Crippen LogP contribution >= 0.6 is 0 Å². The van der Waals surface area contributed by atoms with Crippen LogP contribution < -0.4 is 16.0 Å². The van der Waals surface area contributed by atoms with E-state index in [0.717, 1.165) is 6.42 Å². The van der Waals surface area contributed by atoms with E-state index in [4.69, 9.17) is 0 Å². The van der Waals surface area contributed by atoms with Gasteiger partial charge < -0.3 is 16.0 Å². The Balaban J connectivity index is 2.16. The molecule has 2 aromatic carbocycles. The van der Waals surface area contributed by atoms with Crippen molar-refractivity contribution in [2.45, 2.75) is 33.1 Å². The van der Waals surface area contributed by atoms with Crippen LogP contribution in [0.15, 0.2) is 48.5 Å². The molecule has 2 aromatic rings. The van der Waals surface area contributed by atoms with E-state index in [9.17, 15) is 14.4 Å². The second-order valence-electron chi connectivity index (χ2n) is 6.39. The number of hydrogen-bond donors (Lipinski definition) is 3. The number of carbonyl (C=O) groups excluding carboxylic acids is 3. The molecule has 0 heterocycles. The zero-order valence-electron chi connectivity index (χ0n) is 15.8. The smallest absolute Gasteiger partial charge is 0.251 e. The van der Waals surface area contributed by atoms with E-state index in [2.05, 4.69) is 22.9 Å². The van der Waals surface area contributed by atoms with E-state index in [0.29, 0.717) is 23.5 Å². The molecule has 0 unspecified atom stereocenters. The third kappa shape index (κ3) is 6.26. The fourth-order valence-electron chi connectivity index (χ4n) is 2.85. The first-order chi connectivity index (χ1) is 12.9. The maximum atomic E-state index is 12.6. The van der Waals surface area contributed by atoms with Gasteiger partial charge in [-0.05, 0) is 30.2 Å². The van der Waals surface area contributed by atoms with Gasteiger partial charge in [0.2, 0.25) is 11.8 Å². The maximum Gasteiger partial charge on any atom is 0.251 e. The van der Waals surface area contributed by atoms with Crippen molar-refractivity contribution in [1.82, 2.24) is 5.32 Å². The largest absolute Gasteiger partial charge is 0.351 e. The summed E-state index contributed by atoms with van der Waals surface area (Å²) in [6.45, 7) is 5.35. The van der Waals surface area contributed by atoms with Crippen LogP contribution in [-0.2, 0) is 9.59 Å². The summed E-state index contributed by atoms with van der Waals surface area (Å²) in [5, 5.41) is 8.24. The highest BCUT2D eigenvalue weighted by molar-refractivity contribution is 5.99. The lowest BCUT2D eigenvalue weighted by molar-refractivity contribution is -0.115. The van der Waals surface area contributed by atoms with Crippen molar-refractivity contribution in [2.24, 2.45) is 0 Å². The van der Waals surface area contributed by atoms with Gasteiger partial charge >= 0.3 is 0 Å². The molecular formula is C21H25N3O3. The summed E-state index contributed by atoms with van der Waals surface area (Å²) in [6.07, 6.45) is 0.896. The molecule has 3 N–H and O–H groups in total. The molecule has 0 radical (unpaired) electrons. The van der Waals surface area contributed by atoms with Gasteiger partial charge in [-0.2, -0.15) is 0 Å². The van der Waals surface area contributed by atoms with Crippen LogP contribution in [0.2, 0.25) is 0 Å². The maximum absolute atomic E-state index is 12.6. The third-order valence-electron chi connectivity index (χ3n) is 4.11. The number of amides is 3. The van der Waals surface area contributed by atoms with E-state index in [1.807, 2.05) is 30.3 Å². The fourth-order valence-corrected chi connectivity index (χ4v) is 2.85. The van der Waals surface area contributed by atoms with Crippen LogP contribution in [0.1, 0.15) is 49.0 Å².